The van der Waals surface area contributed by atoms with E-state index in [0.717, 1.165) is 42.2 Å². The zero-order valence-corrected chi connectivity index (χ0v) is 15.1. The van der Waals surface area contributed by atoms with Crippen LogP contribution in [0.4, 0.5) is 0 Å². The summed E-state index contributed by atoms with van der Waals surface area (Å²) in [5.74, 6) is 4.81. The first-order valence-corrected chi connectivity index (χ1v) is 9.21. The minimum Gasteiger partial charge on any atom is -0.309 e. The Balaban J connectivity index is 1.53. The van der Waals surface area contributed by atoms with Gasteiger partial charge in [-0.05, 0) is 31.6 Å². The lowest BCUT2D eigenvalue weighted by Gasteiger charge is -2.15. The Bertz CT molecular complexity index is 806. The Kier molecular flexibility index (Phi) is 4.19. The second kappa shape index (κ2) is 6.37. The van der Waals surface area contributed by atoms with Gasteiger partial charge in [-0.25, -0.2) is 9.97 Å². The van der Waals surface area contributed by atoms with Crippen LogP contribution in [0.25, 0.3) is 0 Å². The molecule has 7 heteroatoms. The number of aromatic nitrogens is 5. The number of aryl methyl sites for hydroxylation is 1. The van der Waals surface area contributed by atoms with Gasteiger partial charge in [0.25, 0.3) is 5.56 Å². The van der Waals surface area contributed by atoms with Crippen molar-refractivity contribution >= 4 is 0 Å². The molecule has 0 bridgehead atoms. The molecule has 0 aromatic carbocycles. The second-order valence-electron chi connectivity index (χ2n) is 7.87. The maximum Gasteiger partial charge on any atom is 0.251 e. The lowest BCUT2D eigenvalue weighted by Crippen LogP contribution is -2.24. The van der Waals surface area contributed by atoms with Gasteiger partial charge in [-0.2, -0.15) is 5.10 Å². The van der Waals surface area contributed by atoms with Crippen LogP contribution < -0.4 is 5.56 Å². The normalized spacial score (nSPS) is 24.3. The topological polar surface area (TPSA) is 90.6 Å². The van der Waals surface area contributed by atoms with Gasteiger partial charge in [0.05, 0.1) is 6.54 Å². The molecule has 2 aromatic heterocycles. The van der Waals surface area contributed by atoms with Gasteiger partial charge in [-0.3, -0.25) is 14.8 Å². The van der Waals surface area contributed by atoms with Crippen LogP contribution >= 0.6 is 0 Å². The van der Waals surface area contributed by atoms with E-state index < -0.39 is 0 Å². The van der Waals surface area contributed by atoms with Crippen LogP contribution in [0, 0.1) is 18.8 Å². The summed E-state index contributed by atoms with van der Waals surface area (Å²) < 4.78 is 0. The molecule has 4 rings (SSSR count). The van der Waals surface area contributed by atoms with Crippen molar-refractivity contribution in [2.75, 3.05) is 13.1 Å². The lowest BCUT2D eigenvalue weighted by molar-refractivity contribution is 0.301. The van der Waals surface area contributed by atoms with Crippen molar-refractivity contribution < 1.29 is 0 Å². The van der Waals surface area contributed by atoms with Crippen molar-refractivity contribution in [1.29, 1.82) is 0 Å². The molecule has 1 aliphatic heterocycles. The fourth-order valence-corrected chi connectivity index (χ4v) is 3.97. The lowest BCUT2D eigenvalue weighted by atomic mass is 9.91. The second-order valence-corrected chi connectivity index (χ2v) is 7.87. The standard InChI is InChI=1S/C18H26N6O/c1-10(2)17-21-18(23-22-17)14-8-24(7-13(14)12-4-5-12)9-15-19-11(3)6-16(25)20-15/h6,10,12-14H,4-5,7-9H2,1-3H3,(H,19,20,25)(H,21,22,23)/t13-,14+/m1/s1. The van der Waals surface area contributed by atoms with Crippen molar-refractivity contribution in [1.82, 2.24) is 30.0 Å². The number of nitrogens with zero attached hydrogens (tertiary/aromatic N) is 4. The van der Waals surface area contributed by atoms with Crippen LogP contribution in [0.15, 0.2) is 10.9 Å². The van der Waals surface area contributed by atoms with Gasteiger partial charge >= 0.3 is 0 Å². The Morgan fingerprint density at radius 2 is 2.08 bits per heavy atom. The highest BCUT2D eigenvalue weighted by molar-refractivity contribution is 5.10. The quantitative estimate of drug-likeness (QED) is 0.867. The summed E-state index contributed by atoms with van der Waals surface area (Å²) in [5.41, 5.74) is 0.693. The smallest absolute Gasteiger partial charge is 0.251 e. The summed E-state index contributed by atoms with van der Waals surface area (Å²) in [6, 6.07) is 1.53. The molecule has 1 aliphatic carbocycles. The van der Waals surface area contributed by atoms with Crippen molar-refractivity contribution in [2.24, 2.45) is 11.8 Å². The highest BCUT2D eigenvalue weighted by Crippen LogP contribution is 2.47. The van der Waals surface area contributed by atoms with Crippen LogP contribution in [-0.4, -0.2) is 43.1 Å². The first-order chi connectivity index (χ1) is 12.0. The summed E-state index contributed by atoms with van der Waals surface area (Å²) in [6.07, 6.45) is 2.64. The zero-order valence-electron chi connectivity index (χ0n) is 15.1. The molecular formula is C18H26N6O. The molecule has 3 heterocycles. The number of H-pyrrole nitrogens is 2. The van der Waals surface area contributed by atoms with Crippen LogP contribution in [0.2, 0.25) is 0 Å². The summed E-state index contributed by atoms with van der Waals surface area (Å²) in [6.45, 7) is 8.75. The summed E-state index contributed by atoms with van der Waals surface area (Å²) in [7, 11) is 0. The third kappa shape index (κ3) is 3.51. The Labute approximate surface area is 147 Å². The number of nitrogens with one attached hydrogen (secondary N) is 2. The third-order valence-electron chi connectivity index (χ3n) is 5.35. The highest BCUT2D eigenvalue weighted by Gasteiger charge is 2.44. The van der Waals surface area contributed by atoms with E-state index in [1.165, 1.54) is 18.9 Å². The van der Waals surface area contributed by atoms with E-state index in [9.17, 15) is 4.79 Å². The third-order valence-corrected chi connectivity index (χ3v) is 5.35. The zero-order chi connectivity index (χ0) is 17.6. The van der Waals surface area contributed by atoms with Crippen LogP contribution in [0.3, 0.4) is 0 Å². The fourth-order valence-electron chi connectivity index (χ4n) is 3.97. The summed E-state index contributed by atoms with van der Waals surface area (Å²) >= 11 is 0. The maximum absolute atomic E-state index is 11.7. The number of aromatic amines is 2. The maximum atomic E-state index is 11.7. The molecule has 7 nitrogen and oxygen atoms in total. The molecule has 1 saturated carbocycles. The number of rotatable bonds is 5. The Morgan fingerprint density at radius 3 is 2.72 bits per heavy atom. The molecule has 2 atom stereocenters. The van der Waals surface area contributed by atoms with Crippen molar-refractivity contribution in [3.63, 3.8) is 0 Å². The molecule has 0 radical (unpaired) electrons. The molecule has 0 spiro atoms. The minimum absolute atomic E-state index is 0.0752. The van der Waals surface area contributed by atoms with Crippen molar-refractivity contribution in [3.8, 4) is 0 Å². The Morgan fingerprint density at radius 1 is 1.28 bits per heavy atom. The van der Waals surface area contributed by atoms with Gasteiger partial charge < -0.3 is 4.98 Å². The molecule has 2 N–H and O–H groups in total. The number of hydrogen-bond donors (Lipinski definition) is 2. The van der Waals surface area contributed by atoms with E-state index in [1.54, 1.807) is 0 Å². The highest BCUT2D eigenvalue weighted by atomic mass is 16.1. The van der Waals surface area contributed by atoms with Gasteiger partial charge in [0.2, 0.25) is 0 Å². The summed E-state index contributed by atoms with van der Waals surface area (Å²) in [4.78, 5) is 26.2. The van der Waals surface area contributed by atoms with E-state index in [2.05, 4.69) is 38.9 Å². The van der Waals surface area contributed by atoms with E-state index in [-0.39, 0.29) is 5.56 Å². The largest absolute Gasteiger partial charge is 0.309 e. The van der Waals surface area contributed by atoms with E-state index in [4.69, 9.17) is 4.98 Å². The average molecular weight is 342 g/mol. The van der Waals surface area contributed by atoms with Gasteiger partial charge in [-0.15, -0.1) is 0 Å². The van der Waals surface area contributed by atoms with Crippen LogP contribution in [0.5, 0.6) is 0 Å². The van der Waals surface area contributed by atoms with Gasteiger partial charge in [0, 0.05) is 36.7 Å². The van der Waals surface area contributed by atoms with E-state index in [0.29, 0.717) is 24.3 Å². The van der Waals surface area contributed by atoms with Gasteiger partial charge in [0.15, 0.2) is 5.82 Å². The van der Waals surface area contributed by atoms with Crippen molar-refractivity contribution in [3.05, 3.63) is 39.6 Å². The molecule has 25 heavy (non-hydrogen) atoms. The van der Waals surface area contributed by atoms with E-state index >= 15 is 0 Å². The SMILES string of the molecule is Cc1cc(=O)[nH]c(CN2C[C@H](c3nc(C(C)C)n[nH]3)[C@@H](C3CC3)C2)n1. The molecule has 0 amide bonds. The molecular weight excluding hydrogens is 316 g/mol. The van der Waals surface area contributed by atoms with Gasteiger partial charge in [-0.1, -0.05) is 13.8 Å². The van der Waals surface area contributed by atoms with Crippen LogP contribution in [0.1, 0.15) is 61.7 Å². The van der Waals surface area contributed by atoms with Gasteiger partial charge in [0.1, 0.15) is 11.6 Å². The molecule has 0 unspecified atom stereocenters. The van der Waals surface area contributed by atoms with Crippen LogP contribution in [-0.2, 0) is 6.54 Å². The van der Waals surface area contributed by atoms with Crippen molar-refractivity contribution in [2.45, 2.75) is 52.0 Å². The molecule has 2 fully saturated rings. The first-order valence-electron chi connectivity index (χ1n) is 9.21. The predicted molar refractivity (Wildman–Crippen MR) is 94.3 cm³/mol. The molecule has 2 aliphatic rings. The summed E-state index contributed by atoms with van der Waals surface area (Å²) in [5, 5.41) is 7.58. The number of hydrogen-bond acceptors (Lipinski definition) is 5. The fraction of sp³-hybridized carbons (Fsp3) is 0.667. The van der Waals surface area contributed by atoms with E-state index in [1.807, 2.05) is 6.92 Å². The first kappa shape index (κ1) is 16.4. The molecule has 2 aromatic rings. The minimum atomic E-state index is -0.0752. The number of likely N-dealkylation sites (tertiary alicyclic amines) is 1. The monoisotopic (exact) mass is 342 g/mol. The average Bonchev–Trinajstić information content (AvgIpc) is 3.10. The molecule has 1 saturated heterocycles. The predicted octanol–water partition coefficient (Wildman–Crippen LogP) is 1.95. The molecule has 134 valence electrons. The Hall–Kier alpha value is -2.02.